The fourth-order valence-electron chi connectivity index (χ4n) is 1.85. The van der Waals surface area contributed by atoms with Gasteiger partial charge in [0.15, 0.2) is 17.3 Å². The summed E-state index contributed by atoms with van der Waals surface area (Å²) in [7, 11) is 4.56. The van der Waals surface area contributed by atoms with Crippen LogP contribution in [0.4, 0.5) is 0 Å². The van der Waals surface area contributed by atoms with E-state index in [4.69, 9.17) is 14.6 Å². The molecule has 1 aliphatic heterocycles. The minimum Gasteiger partial charge on any atom is -0.481 e. The molecule has 0 saturated heterocycles. The molecule has 0 fully saturated rings. The number of aliphatic carboxylic acids is 1. The van der Waals surface area contributed by atoms with Crippen LogP contribution in [0.2, 0.25) is 0 Å². The first-order valence-electron chi connectivity index (χ1n) is 7.25. The molecule has 1 amide bonds. The van der Waals surface area contributed by atoms with Gasteiger partial charge in [0.2, 0.25) is 12.7 Å². The molecule has 1 aromatic carbocycles. The fraction of sp³-hybridized carbons (Fsp3) is 0.438. The molecule has 0 aliphatic carbocycles. The number of Topliss-reactive ketones (excluding diaryl/α,β-unsaturated/α-hetero) is 1. The number of hydrogen-bond donors (Lipinski definition) is 1. The standard InChI is InChI=1S/C13H13NO6.C3H8O2/c1-14(12(16)5-13(17)18)6-9(15)8-2-3-10-11(4-8)20-7-19-10;1-4-3-5-2/h2-4H,5-7H2,1H3,(H,17,18);3H2,1-2H3. The molecule has 138 valence electrons. The van der Waals surface area contributed by atoms with Crippen LogP contribution in [0.15, 0.2) is 18.2 Å². The highest BCUT2D eigenvalue weighted by atomic mass is 16.7. The molecule has 0 atom stereocenters. The Morgan fingerprint density at radius 1 is 1.16 bits per heavy atom. The molecule has 0 aromatic heterocycles. The average molecular weight is 355 g/mol. The van der Waals surface area contributed by atoms with Gasteiger partial charge in [0, 0.05) is 26.8 Å². The van der Waals surface area contributed by atoms with Gasteiger partial charge in [-0.1, -0.05) is 0 Å². The van der Waals surface area contributed by atoms with Gasteiger partial charge >= 0.3 is 5.97 Å². The van der Waals surface area contributed by atoms with Crippen molar-refractivity contribution < 1.29 is 38.4 Å². The number of carbonyl (C=O) groups excluding carboxylic acids is 2. The lowest BCUT2D eigenvalue weighted by Crippen LogP contribution is -2.33. The fourth-order valence-corrected chi connectivity index (χ4v) is 1.85. The summed E-state index contributed by atoms with van der Waals surface area (Å²) >= 11 is 0. The number of fused-ring (bicyclic) bond motifs is 1. The van der Waals surface area contributed by atoms with E-state index in [1.54, 1.807) is 32.4 Å². The van der Waals surface area contributed by atoms with Crippen molar-refractivity contribution in [2.45, 2.75) is 6.42 Å². The topological polar surface area (TPSA) is 112 Å². The number of carbonyl (C=O) groups is 3. The lowest BCUT2D eigenvalue weighted by molar-refractivity contribution is -0.143. The molecule has 1 heterocycles. The number of amides is 1. The Labute approximate surface area is 145 Å². The molecule has 2 rings (SSSR count). The van der Waals surface area contributed by atoms with E-state index in [9.17, 15) is 14.4 Å². The Kier molecular flexibility index (Phi) is 8.37. The minimum absolute atomic E-state index is 0.115. The van der Waals surface area contributed by atoms with E-state index in [-0.39, 0.29) is 19.1 Å². The Balaban J connectivity index is 0.000000550. The SMILES string of the molecule is CN(CC(=O)c1ccc2c(c1)OCO2)C(=O)CC(=O)O.COCOC. The van der Waals surface area contributed by atoms with Crippen molar-refractivity contribution in [3.63, 3.8) is 0 Å². The molecule has 25 heavy (non-hydrogen) atoms. The molecule has 1 aromatic rings. The van der Waals surface area contributed by atoms with Gasteiger partial charge in [0.1, 0.15) is 13.2 Å². The number of ketones is 1. The molecule has 1 N–H and O–H groups in total. The second-order valence-corrected chi connectivity index (χ2v) is 5.01. The number of hydrogen-bond acceptors (Lipinski definition) is 7. The minimum atomic E-state index is -1.22. The third-order valence-corrected chi connectivity index (χ3v) is 3.04. The van der Waals surface area contributed by atoms with E-state index in [0.29, 0.717) is 23.9 Å². The van der Waals surface area contributed by atoms with Crippen molar-refractivity contribution in [3.8, 4) is 11.5 Å². The lowest BCUT2D eigenvalue weighted by Gasteiger charge is -2.15. The van der Waals surface area contributed by atoms with Crippen LogP contribution >= 0.6 is 0 Å². The molecule has 9 nitrogen and oxygen atoms in total. The number of nitrogens with zero attached hydrogens (tertiary/aromatic N) is 1. The monoisotopic (exact) mass is 355 g/mol. The highest BCUT2D eigenvalue weighted by Gasteiger charge is 2.19. The third-order valence-electron chi connectivity index (χ3n) is 3.04. The third kappa shape index (κ3) is 6.77. The van der Waals surface area contributed by atoms with Crippen LogP contribution < -0.4 is 9.47 Å². The summed E-state index contributed by atoms with van der Waals surface area (Å²) in [5, 5.41) is 8.53. The van der Waals surface area contributed by atoms with E-state index < -0.39 is 18.3 Å². The van der Waals surface area contributed by atoms with Crippen LogP contribution in [0.1, 0.15) is 16.8 Å². The molecule has 0 bridgehead atoms. The maximum absolute atomic E-state index is 12.0. The number of ether oxygens (including phenoxy) is 4. The Morgan fingerprint density at radius 3 is 2.36 bits per heavy atom. The number of carboxylic acids is 1. The summed E-state index contributed by atoms with van der Waals surface area (Å²) < 4.78 is 19.2. The zero-order chi connectivity index (χ0) is 18.8. The molecule has 0 spiro atoms. The number of methoxy groups -OCH3 is 2. The number of rotatable bonds is 7. The zero-order valence-corrected chi connectivity index (χ0v) is 14.3. The van der Waals surface area contributed by atoms with E-state index >= 15 is 0 Å². The highest BCUT2D eigenvalue weighted by Crippen LogP contribution is 2.32. The first-order chi connectivity index (χ1) is 11.9. The number of likely N-dealkylation sites (N-methyl/N-ethyl adjacent to an activating group) is 1. The summed E-state index contributed by atoms with van der Waals surface area (Å²) in [4.78, 5) is 35.0. The average Bonchev–Trinajstić information content (AvgIpc) is 3.03. The van der Waals surface area contributed by atoms with Gasteiger partial charge in [-0.2, -0.15) is 0 Å². The van der Waals surface area contributed by atoms with Gasteiger partial charge in [-0.05, 0) is 18.2 Å². The summed E-state index contributed by atoms with van der Waals surface area (Å²) in [6.45, 7) is 0.315. The molecular weight excluding hydrogens is 334 g/mol. The maximum Gasteiger partial charge on any atom is 0.312 e. The van der Waals surface area contributed by atoms with Crippen molar-refractivity contribution in [1.29, 1.82) is 0 Å². The van der Waals surface area contributed by atoms with Gasteiger partial charge in [0.05, 0.1) is 6.54 Å². The summed E-state index contributed by atoms with van der Waals surface area (Å²) in [5.74, 6) is -1.10. The molecule has 0 radical (unpaired) electrons. The van der Waals surface area contributed by atoms with Gasteiger partial charge in [-0.3, -0.25) is 14.4 Å². The van der Waals surface area contributed by atoms with Gasteiger partial charge in [0.25, 0.3) is 0 Å². The van der Waals surface area contributed by atoms with Crippen molar-refractivity contribution in [2.75, 3.05) is 41.4 Å². The van der Waals surface area contributed by atoms with Crippen LogP contribution in [0.5, 0.6) is 11.5 Å². The number of benzene rings is 1. The van der Waals surface area contributed by atoms with Crippen LogP contribution in [-0.4, -0.2) is 69.1 Å². The summed E-state index contributed by atoms with van der Waals surface area (Å²) in [5.41, 5.74) is 0.379. The Morgan fingerprint density at radius 2 is 1.80 bits per heavy atom. The smallest absolute Gasteiger partial charge is 0.312 e. The Bertz CT molecular complexity index is 614. The first kappa shape index (κ1) is 20.4. The maximum atomic E-state index is 12.0. The van der Waals surface area contributed by atoms with Crippen LogP contribution in [-0.2, 0) is 19.1 Å². The largest absolute Gasteiger partial charge is 0.481 e. The van der Waals surface area contributed by atoms with Gasteiger partial charge in [-0.25, -0.2) is 0 Å². The molecule has 1 aliphatic rings. The quantitative estimate of drug-likeness (QED) is 0.434. The zero-order valence-electron chi connectivity index (χ0n) is 14.3. The van der Waals surface area contributed by atoms with Crippen LogP contribution in [0.3, 0.4) is 0 Å². The predicted octanol–water partition coefficient (Wildman–Crippen LogP) is 0.768. The van der Waals surface area contributed by atoms with Gasteiger partial charge in [-0.15, -0.1) is 0 Å². The normalized spacial score (nSPS) is 11.3. The molecule has 0 unspecified atom stereocenters. The Hall–Kier alpha value is -2.65. The summed E-state index contributed by atoms with van der Waals surface area (Å²) in [6.07, 6.45) is -0.634. The van der Waals surface area contributed by atoms with Crippen molar-refractivity contribution >= 4 is 17.7 Å². The predicted molar refractivity (Wildman–Crippen MR) is 85.7 cm³/mol. The molecule has 9 heteroatoms. The van der Waals surface area contributed by atoms with E-state index in [1.807, 2.05) is 0 Å². The van der Waals surface area contributed by atoms with Crippen molar-refractivity contribution in [2.24, 2.45) is 0 Å². The first-order valence-corrected chi connectivity index (χ1v) is 7.25. The molecular formula is C16H21NO8. The van der Waals surface area contributed by atoms with E-state index in [0.717, 1.165) is 4.90 Å². The second kappa shape index (κ2) is 10.3. The second-order valence-electron chi connectivity index (χ2n) is 5.01. The number of carboxylic acid groups (broad SMARTS) is 1. The summed E-state index contributed by atoms with van der Waals surface area (Å²) in [6, 6.07) is 4.74. The van der Waals surface area contributed by atoms with Gasteiger partial charge < -0.3 is 29.0 Å². The van der Waals surface area contributed by atoms with Crippen molar-refractivity contribution in [1.82, 2.24) is 4.90 Å². The van der Waals surface area contributed by atoms with E-state index in [1.165, 1.54) is 7.05 Å². The van der Waals surface area contributed by atoms with Crippen molar-refractivity contribution in [3.05, 3.63) is 23.8 Å². The lowest BCUT2D eigenvalue weighted by atomic mass is 10.1. The highest BCUT2D eigenvalue weighted by molar-refractivity contribution is 6.01. The van der Waals surface area contributed by atoms with Crippen LogP contribution in [0.25, 0.3) is 0 Å². The van der Waals surface area contributed by atoms with Crippen LogP contribution in [0, 0.1) is 0 Å². The molecule has 0 saturated carbocycles. The van der Waals surface area contributed by atoms with E-state index in [2.05, 4.69) is 9.47 Å².